The van der Waals surface area contributed by atoms with E-state index in [0.717, 1.165) is 36.3 Å². The molecule has 0 aromatic heterocycles. The second-order valence-electron chi connectivity index (χ2n) is 7.08. The van der Waals surface area contributed by atoms with Gasteiger partial charge in [0, 0.05) is 29.5 Å². The number of carbonyl (C=O) groups excluding carboxylic acids is 2. The van der Waals surface area contributed by atoms with Gasteiger partial charge >= 0.3 is 0 Å². The highest BCUT2D eigenvalue weighted by Gasteiger charge is 2.22. The lowest BCUT2D eigenvalue weighted by molar-refractivity contribution is -0.132. The molecule has 3 rings (SSSR count). The molecule has 0 spiro atoms. The van der Waals surface area contributed by atoms with E-state index in [1.165, 1.54) is 6.42 Å². The molecule has 0 radical (unpaired) electrons. The molecule has 1 atom stereocenters. The molecular formula is C22H27N3O2. The first-order valence-corrected chi connectivity index (χ1v) is 9.55. The van der Waals surface area contributed by atoms with E-state index in [0.29, 0.717) is 11.6 Å². The molecule has 1 aliphatic rings. The third kappa shape index (κ3) is 4.67. The van der Waals surface area contributed by atoms with Crippen LogP contribution in [-0.2, 0) is 4.79 Å². The fourth-order valence-electron chi connectivity index (χ4n) is 3.49. The van der Waals surface area contributed by atoms with Crippen molar-refractivity contribution in [3.8, 4) is 0 Å². The van der Waals surface area contributed by atoms with Gasteiger partial charge in [0.05, 0.1) is 6.54 Å². The number of carbonyl (C=O) groups is 2. The fraction of sp³-hybridized carbons (Fsp3) is 0.364. The van der Waals surface area contributed by atoms with Crippen molar-refractivity contribution < 1.29 is 9.59 Å². The van der Waals surface area contributed by atoms with Crippen LogP contribution in [0.25, 0.3) is 0 Å². The van der Waals surface area contributed by atoms with Crippen molar-refractivity contribution >= 4 is 23.2 Å². The van der Waals surface area contributed by atoms with Gasteiger partial charge in [-0.1, -0.05) is 24.3 Å². The highest BCUT2D eigenvalue weighted by Crippen LogP contribution is 2.24. The predicted octanol–water partition coefficient (Wildman–Crippen LogP) is 4.06. The molecule has 142 valence electrons. The van der Waals surface area contributed by atoms with Gasteiger partial charge in [-0.15, -0.1) is 0 Å². The van der Waals surface area contributed by atoms with Gasteiger partial charge in [0.1, 0.15) is 0 Å². The maximum atomic E-state index is 12.5. The highest BCUT2D eigenvalue weighted by molar-refractivity contribution is 6.05. The molecule has 5 nitrogen and oxygen atoms in total. The van der Waals surface area contributed by atoms with Crippen molar-refractivity contribution in [3.63, 3.8) is 0 Å². The third-order valence-corrected chi connectivity index (χ3v) is 5.17. The Labute approximate surface area is 160 Å². The number of hydrogen-bond acceptors (Lipinski definition) is 3. The van der Waals surface area contributed by atoms with Crippen LogP contribution in [0, 0.1) is 6.92 Å². The van der Waals surface area contributed by atoms with Gasteiger partial charge in [0.2, 0.25) is 5.91 Å². The van der Waals surface area contributed by atoms with Gasteiger partial charge in [0.15, 0.2) is 0 Å². The normalized spacial score (nSPS) is 16.7. The summed E-state index contributed by atoms with van der Waals surface area (Å²) in [7, 11) is 0. The molecule has 0 saturated carbocycles. The largest absolute Gasteiger partial charge is 0.376 e. The lowest BCUT2D eigenvalue weighted by Gasteiger charge is -2.33. The number of nitrogens with one attached hydrogen (secondary N) is 2. The Morgan fingerprint density at radius 1 is 1.04 bits per heavy atom. The van der Waals surface area contributed by atoms with Crippen LogP contribution in [0.2, 0.25) is 0 Å². The molecule has 0 aliphatic carbocycles. The van der Waals surface area contributed by atoms with Crippen molar-refractivity contribution in [1.82, 2.24) is 4.90 Å². The van der Waals surface area contributed by atoms with Crippen molar-refractivity contribution in [2.24, 2.45) is 0 Å². The monoisotopic (exact) mass is 365 g/mol. The van der Waals surface area contributed by atoms with E-state index >= 15 is 0 Å². The zero-order valence-electron chi connectivity index (χ0n) is 16.0. The minimum Gasteiger partial charge on any atom is -0.376 e. The third-order valence-electron chi connectivity index (χ3n) is 5.17. The summed E-state index contributed by atoms with van der Waals surface area (Å²) in [5.74, 6) is -0.0191. The summed E-state index contributed by atoms with van der Waals surface area (Å²) in [6.45, 7) is 5.16. The molecule has 2 aromatic carbocycles. The molecule has 1 heterocycles. The average molecular weight is 365 g/mol. The number of likely N-dealkylation sites (tertiary alicyclic amines) is 1. The molecule has 2 aromatic rings. The van der Waals surface area contributed by atoms with Gasteiger partial charge in [-0.05, 0) is 62.9 Å². The first-order valence-electron chi connectivity index (χ1n) is 9.55. The molecule has 0 bridgehead atoms. The lowest BCUT2D eigenvalue weighted by Crippen LogP contribution is -2.44. The zero-order valence-corrected chi connectivity index (χ0v) is 16.0. The standard InChI is InChI=1S/C22H27N3O2/c1-16-9-6-7-14-25(16)21(26)15-23-19-12-8-13-20(17(19)2)24-22(27)18-10-4-3-5-11-18/h3-5,8,10-13,16,23H,6-7,9,14-15H2,1-2H3,(H,24,27). The quantitative estimate of drug-likeness (QED) is 0.840. The van der Waals surface area contributed by atoms with Crippen LogP contribution in [0.1, 0.15) is 42.1 Å². The van der Waals surface area contributed by atoms with E-state index in [1.54, 1.807) is 12.1 Å². The molecule has 5 heteroatoms. The van der Waals surface area contributed by atoms with Crippen molar-refractivity contribution in [1.29, 1.82) is 0 Å². The number of piperidine rings is 1. The Kier molecular flexibility index (Phi) is 6.12. The van der Waals surface area contributed by atoms with E-state index in [-0.39, 0.29) is 18.4 Å². The Morgan fingerprint density at radius 3 is 2.52 bits per heavy atom. The summed E-state index contributed by atoms with van der Waals surface area (Å²) in [5.41, 5.74) is 3.14. The number of benzene rings is 2. The lowest BCUT2D eigenvalue weighted by atomic mass is 10.0. The van der Waals surface area contributed by atoms with E-state index < -0.39 is 0 Å². The molecule has 1 aliphatic heterocycles. The van der Waals surface area contributed by atoms with Crippen LogP contribution >= 0.6 is 0 Å². The van der Waals surface area contributed by atoms with Crippen LogP contribution in [0.4, 0.5) is 11.4 Å². The number of anilines is 2. The molecule has 1 fully saturated rings. The Hall–Kier alpha value is -2.82. The number of amides is 2. The second kappa shape index (κ2) is 8.71. The molecule has 1 saturated heterocycles. The average Bonchev–Trinajstić information content (AvgIpc) is 2.69. The predicted molar refractivity (Wildman–Crippen MR) is 109 cm³/mol. The number of rotatable bonds is 5. The van der Waals surface area contributed by atoms with Crippen molar-refractivity contribution in [2.45, 2.75) is 39.2 Å². The molecule has 2 amide bonds. The SMILES string of the molecule is Cc1c(NCC(=O)N2CCCCC2C)cccc1NC(=O)c1ccccc1. The van der Waals surface area contributed by atoms with E-state index in [9.17, 15) is 9.59 Å². The zero-order chi connectivity index (χ0) is 19.2. The van der Waals surface area contributed by atoms with Gasteiger partial charge in [-0.2, -0.15) is 0 Å². The Morgan fingerprint density at radius 2 is 1.78 bits per heavy atom. The summed E-state index contributed by atoms with van der Waals surface area (Å²) < 4.78 is 0. The topological polar surface area (TPSA) is 61.4 Å². The maximum absolute atomic E-state index is 12.5. The van der Waals surface area contributed by atoms with Gasteiger partial charge in [0.25, 0.3) is 5.91 Å². The maximum Gasteiger partial charge on any atom is 0.255 e. The minimum absolute atomic E-state index is 0.125. The smallest absolute Gasteiger partial charge is 0.255 e. The summed E-state index contributed by atoms with van der Waals surface area (Å²) >= 11 is 0. The van der Waals surface area contributed by atoms with E-state index in [4.69, 9.17) is 0 Å². The van der Waals surface area contributed by atoms with E-state index in [1.807, 2.05) is 48.2 Å². The number of hydrogen-bond donors (Lipinski definition) is 2. The molecule has 1 unspecified atom stereocenters. The summed E-state index contributed by atoms with van der Waals surface area (Å²) in [5, 5.41) is 6.19. The van der Waals surface area contributed by atoms with Crippen LogP contribution < -0.4 is 10.6 Å². The highest BCUT2D eigenvalue weighted by atomic mass is 16.2. The van der Waals surface area contributed by atoms with E-state index in [2.05, 4.69) is 17.6 Å². The van der Waals surface area contributed by atoms with Crippen LogP contribution in [0.15, 0.2) is 48.5 Å². The summed E-state index contributed by atoms with van der Waals surface area (Å²) in [6.07, 6.45) is 3.35. The van der Waals surface area contributed by atoms with Crippen LogP contribution in [0.3, 0.4) is 0 Å². The van der Waals surface area contributed by atoms with Crippen LogP contribution in [-0.4, -0.2) is 35.8 Å². The summed E-state index contributed by atoms with van der Waals surface area (Å²) in [6, 6.07) is 15.1. The first-order chi connectivity index (χ1) is 13.1. The van der Waals surface area contributed by atoms with Gasteiger partial charge in [-0.3, -0.25) is 9.59 Å². The fourth-order valence-corrected chi connectivity index (χ4v) is 3.49. The number of nitrogens with zero attached hydrogens (tertiary/aromatic N) is 1. The Balaban J connectivity index is 1.64. The van der Waals surface area contributed by atoms with Gasteiger partial charge < -0.3 is 15.5 Å². The summed E-state index contributed by atoms with van der Waals surface area (Å²) in [4.78, 5) is 26.9. The minimum atomic E-state index is -0.144. The Bertz CT molecular complexity index is 804. The molecule has 27 heavy (non-hydrogen) atoms. The van der Waals surface area contributed by atoms with Crippen LogP contribution in [0.5, 0.6) is 0 Å². The molecule has 2 N–H and O–H groups in total. The van der Waals surface area contributed by atoms with Gasteiger partial charge in [-0.25, -0.2) is 0 Å². The second-order valence-corrected chi connectivity index (χ2v) is 7.08. The first kappa shape index (κ1) is 19.0. The molecular weight excluding hydrogens is 338 g/mol. The van der Waals surface area contributed by atoms with Crippen molar-refractivity contribution in [3.05, 3.63) is 59.7 Å². The van der Waals surface area contributed by atoms with Crippen molar-refractivity contribution in [2.75, 3.05) is 23.7 Å².